The smallest absolute Gasteiger partial charge is 0.283 e. The molecule has 1 amide bonds. The monoisotopic (exact) mass is 181 g/mol. The molecule has 0 aromatic rings. The zero-order chi connectivity index (χ0) is 9.07. The van der Waals surface area contributed by atoms with E-state index in [1.807, 2.05) is 5.32 Å². The van der Waals surface area contributed by atoms with E-state index in [-0.39, 0.29) is 5.92 Å². The second kappa shape index (κ2) is 3.68. The highest BCUT2D eigenvalue weighted by molar-refractivity contribution is 7.85. The van der Waals surface area contributed by atoms with Crippen LogP contribution in [0.3, 0.4) is 0 Å². The van der Waals surface area contributed by atoms with E-state index < -0.39 is 21.9 Å². The van der Waals surface area contributed by atoms with Gasteiger partial charge in [-0.05, 0) is 0 Å². The zero-order valence-corrected chi connectivity index (χ0v) is 7.18. The van der Waals surface area contributed by atoms with Gasteiger partial charge in [-0.2, -0.15) is 8.42 Å². The summed E-state index contributed by atoms with van der Waals surface area (Å²) in [4.78, 5) is 10.7. The minimum absolute atomic E-state index is 0.281. The normalized spacial score (nSPS) is 11.6. The quantitative estimate of drug-likeness (QED) is 0.580. The Balaban J connectivity index is 3.83. The lowest BCUT2D eigenvalue weighted by molar-refractivity contribution is -0.123. The summed E-state index contributed by atoms with van der Waals surface area (Å²) in [7, 11) is -4.08. The summed E-state index contributed by atoms with van der Waals surface area (Å²) in [6, 6.07) is 0. The van der Waals surface area contributed by atoms with E-state index in [0.717, 1.165) is 0 Å². The van der Waals surface area contributed by atoms with Crippen LogP contribution in [0.25, 0.3) is 0 Å². The summed E-state index contributed by atoms with van der Waals surface area (Å²) in [5.41, 5.74) is 0. The molecule has 5 nitrogen and oxygen atoms in total. The van der Waals surface area contributed by atoms with Gasteiger partial charge in [-0.3, -0.25) is 9.35 Å². The molecule has 0 aliphatic heterocycles. The highest BCUT2D eigenvalue weighted by Gasteiger charge is 2.10. The van der Waals surface area contributed by atoms with Crippen molar-refractivity contribution in [1.82, 2.24) is 5.32 Å². The Kier molecular flexibility index (Phi) is 3.47. The van der Waals surface area contributed by atoms with Crippen LogP contribution in [0.4, 0.5) is 0 Å². The molecule has 0 aliphatic rings. The van der Waals surface area contributed by atoms with Crippen molar-refractivity contribution < 1.29 is 17.8 Å². The van der Waals surface area contributed by atoms with Crippen molar-refractivity contribution in [2.45, 2.75) is 13.8 Å². The van der Waals surface area contributed by atoms with Crippen molar-refractivity contribution in [3.63, 3.8) is 0 Å². The van der Waals surface area contributed by atoms with E-state index in [1.165, 1.54) is 0 Å². The average Bonchev–Trinajstić information content (AvgIpc) is 1.80. The van der Waals surface area contributed by atoms with Gasteiger partial charge < -0.3 is 5.32 Å². The first-order valence-electron chi connectivity index (χ1n) is 3.06. The van der Waals surface area contributed by atoms with Crippen LogP contribution in [0.15, 0.2) is 0 Å². The first-order valence-corrected chi connectivity index (χ1v) is 4.66. The summed E-state index contributed by atoms with van der Waals surface area (Å²) < 4.78 is 28.4. The highest BCUT2D eigenvalue weighted by Crippen LogP contribution is 1.90. The molecule has 2 N–H and O–H groups in total. The molecule has 0 bridgehead atoms. The third kappa shape index (κ3) is 5.81. The molecule has 0 aromatic heterocycles. The Labute approximate surface area is 65.5 Å². The van der Waals surface area contributed by atoms with Crippen molar-refractivity contribution >= 4 is 16.0 Å². The van der Waals surface area contributed by atoms with E-state index >= 15 is 0 Å². The lowest BCUT2D eigenvalue weighted by Gasteiger charge is -2.04. The molecular formula is C5H11NO4S. The topological polar surface area (TPSA) is 83.5 Å². The second-order valence-corrected chi connectivity index (χ2v) is 3.87. The molecule has 0 radical (unpaired) electrons. The highest BCUT2D eigenvalue weighted by atomic mass is 32.2. The summed E-state index contributed by atoms with van der Waals surface area (Å²) >= 11 is 0. The minimum Gasteiger partial charge on any atom is -0.340 e. The molecule has 0 aromatic carbocycles. The predicted octanol–water partition coefficient (Wildman–Crippen LogP) is -0.396. The van der Waals surface area contributed by atoms with Crippen LogP contribution in [0.1, 0.15) is 13.8 Å². The molecular weight excluding hydrogens is 170 g/mol. The molecule has 0 fully saturated rings. The Morgan fingerprint density at radius 3 is 2.27 bits per heavy atom. The van der Waals surface area contributed by atoms with Gasteiger partial charge in [0.25, 0.3) is 10.1 Å². The third-order valence-electron chi connectivity index (χ3n) is 0.953. The molecule has 0 aliphatic carbocycles. The lowest BCUT2D eigenvalue weighted by Crippen LogP contribution is -2.32. The van der Waals surface area contributed by atoms with Crippen molar-refractivity contribution in [2.75, 3.05) is 5.88 Å². The van der Waals surface area contributed by atoms with E-state index in [1.54, 1.807) is 13.8 Å². The van der Waals surface area contributed by atoms with Gasteiger partial charge in [0.1, 0.15) is 5.88 Å². The van der Waals surface area contributed by atoms with Crippen molar-refractivity contribution in [3.05, 3.63) is 0 Å². The van der Waals surface area contributed by atoms with Gasteiger partial charge in [0.05, 0.1) is 0 Å². The lowest BCUT2D eigenvalue weighted by atomic mass is 10.2. The molecule has 0 spiro atoms. The molecule has 0 rings (SSSR count). The predicted molar refractivity (Wildman–Crippen MR) is 39.4 cm³/mol. The SMILES string of the molecule is CC(C)C(=O)NCS(=O)(=O)O. The van der Waals surface area contributed by atoms with Gasteiger partial charge >= 0.3 is 0 Å². The number of carbonyl (C=O) groups excluding carboxylic acids is 1. The molecule has 6 heteroatoms. The van der Waals surface area contributed by atoms with Crippen LogP contribution in [0, 0.1) is 5.92 Å². The second-order valence-electron chi connectivity index (χ2n) is 2.42. The van der Waals surface area contributed by atoms with Gasteiger partial charge in [-0.15, -0.1) is 0 Å². The maximum absolute atomic E-state index is 10.7. The van der Waals surface area contributed by atoms with Gasteiger partial charge in [0.2, 0.25) is 5.91 Å². The number of amides is 1. The molecule has 66 valence electrons. The van der Waals surface area contributed by atoms with Crippen molar-refractivity contribution in [3.8, 4) is 0 Å². The van der Waals surface area contributed by atoms with Crippen LogP contribution < -0.4 is 5.32 Å². The number of hydrogen-bond acceptors (Lipinski definition) is 3. The maximum atomic E-state index is 10.7. The Hall–Kier alpha value is -0.620. The van der Waals surface area contributed by atoms with Crippen LogP contribution in [-0.4, -0.2) is 24.8 Å². The average molecular weight is 181 g/mol. The van der Waals surface area contributed by atoms with E-state index in [4.69, 9.17) is 4.55 Å². The Bertz CT molecular complexity index is 231. The largest absolute Gasteiger partial charge is 0.340 e. The van der Waals surface area contributed by atoms with Gasteiger partial charge in [0, 0.05) is 5.92 Å². The van der Waals surface area contributed by atoms with Crippen molar-refractivity contribution in [2.24, 2.45) is 5.92 Å². The number of rotatable bonds is 3. The summed E-state index contributed by atoms with van der Waals surface area (Å²) in [5, 5.41) is 2.05. The zero-order valence-electron chi connectivity index (χ0n) is 6.36. The molecule has 0 atom stereocenters. The molecule has 0 saturated heterocycles. The number of hydrogen-bond donors (Lipinski definition) is 2. The van der Waals surface area contributed by atoms with Gasteiger partial charge in [-0.25, -0.2) is 0 Å². The summed E-state index contributed by atoms with van der Waals surface area (Å²) in [6.07, 6.45) is 0. The van der Waals surface area contributed by atoms with Crippen molar-refractivity contribution in [1.29, 1.82) is 0 Å². The Morgan fingerprint density at radius 2 is 2.00 bits per heavy atom. The molecule has 0 saturated carbocycles. The minimum atomic E-state index is -4.08. The number of carbonyl (C=O) groups is 1. The molecule has 0 unspecified atom stereocenters. The fourth-order valence-electron chi connectivity index (χ4n) is 0.366. The van der Waals surface area contributed by atoms with E-state index in [0.29, 0.717) is 0 Å². The van der Waals surface area contributed by atoms with Gasteiger partial charge in [0.15, 0.2) is 0 Å². The molecule has 0 heterocycles. The van der Waals surface area contributed by atoms with Crippen LogP contribution in [-0.2, 0) is 14.9 Å². The van der Waals surface area contributed by atoms with Crippen LogP contribution in [0.2, 0.25) is 0 Å². The fraction of sp³-hybridized carbons (Fsp3) is 0.800. The van der Waals surface area contributed by atoms with E-state index in [9.17, 15) is 13.2 Å². The standard InChI is InChI=1S/C5H11NO4S/c1-4(2)5(7)6-3-11(8,9)10/h4H,3H2,1-2H3,(H,6,7)(H,8,9,10). The summed E-state index contributed by atoms with van der Waals surface area (Å²) in [6.45, 7) is 3.25. The number of nitrogens with one attached hydrogen (secondary N) is 1. The first kappa shape index (κ1) is 10.4. The fourth-order valence-corrected chi connectivity index (χ4v) is 0.691. The third-order valence-corrected chi connectivity index (χ3v) is 1.46. The maximum Gasteiger partial charge on any atom is 0.283 e. The summed E-state index contributed by atoms with van der Waals surface area (Å²) in [5.74, 6) is -1.40. The van der Waals surface area contributed by atoms with Crippen LogP contribution in [0.5, 0.6) is 0 Å². The molecule has 11 heavy (non-hydrogen) atoms. The van der Waals surface area contributed by atoms with E-state index in [2.05, 4.69) is 0 Å². The van der Waals surface area contributed by atoms with Crippen LogP contribution >= 0.6 is 0 Å². The Morgan fingerprint density at radius 1 is 1.55 bits per heavy atom. The first-order chi connectivity index (χ1) is 4.83. The van der Waals surface area contributed by atoms with Gasteiger partial charge in [-0.1, -0.05) is 13.8 Å².